The van der Waals surface area contributed by atoms with E-state index in [4.69, 9.17) is 43.7 Å². The Kier molecular flexibility index (Phi) is 19.1. The van der Waals surface area contributed by atoms with Gasteiger partial charge in [-0.2, -0.15) is 0 Å². The van der Waals surface area contributed by atoms with Crippen LogP contribution in [0.4, 0.5) is 0 Å². The van der Waals surface area contributed by atoms with Gasteiger partial charge in [-0.05, 0) is 149 Å². The van der Waals surface area contributed by atoms with E-state index in [9.17, 15) is 0 Å². The molecule has 0 saturated carbocycles. The molecule has 0 aliphatic carbocycles. The van der Waals surface area contributed by atoms with Crippen LogP contribution in [0.3, 0.4) is 0 Å². The zero-order chi connectivity index (χ0) is 90.7. The number of benzene rings is 19. The molecule has 644 valence electrons. The molecule has 0 saturated heterocycles. The summed E-state index contributed by atoms with van der Waals surface area (Å²) in [4.78, 5) is 35.9. The molecule has 13 heteroatoms. The molecule has 19 aromatic carbocycles. The van der Waals surface area contributed by atoms with Gasteiger partial charge >= 0.3 is 0 Å². The average Bonchev–Trinajstić information content (AvgIpc) is 1.57. The van der Waals surface area contributed by atoms with E-state index >= 15 is 0 Å². The van der Waals surface area contributed by atoms with Gasteiger partial charge in [0.05, 0.1) is 77.3 Å². The van der Waals surface area contributed by atoms with E-state index in [1.807, 2.05) is 115 Å². The predicted octanol–water partition coefficient (Wildman–Crippen LogP) is 32.1. The number of aromatic nitrogens is 11. The molecule has 0 spiro atoms. The molecule has 28 rings (SSSR count). The second-order valence-corrected chi connectivity index (χ2v) is 35.2. The summed E-state index contributed by atoms with van der Waals surface area (Å²) in [6, 6.07) is 157. The summed E-state index contributed by atoms with van der Waals surface area (Å²) in [5, 5.41) is 15.8. The Morgan fingerprint density at radius 1 is 0.197 bits per heavy atom. The second-order valence-electron chi connectivity index (χ2n) is 35.2. The second kappa shape index (κ2) is 32.9. The van der Waals surface area contributed by atoms with Crippen LogP contribution in [0.2, 0.25) is 0 Å². The highest BCUT2D eigenvalue weighted by atomic mass is 16.3. The van der Waals surface area contributed by atoms with E-state index in [1.54, 1.807) is 0 Å². The molecule has 28 aromatic rings. The Morgan fingerprint density at radius 2 is 0.569 bits per heavy atom. The molecule has 0 aliphatic heterocycles. The van der Waals surface area contributed by atoms with Crippen molar-refractivity contribution < 1.29 is 8.83 Å². The quantitative estimate of drug-likeness (QED) is 0.117. The van der Waals surface area contributed by atoms with Crippen LogP contribution in [0.1, 0.15) is 25.3 Å². The van der Waals surface area contributed by atoms with Crippen LogP contribution < -0.4 is 0 Å². The van der Waals surface area contributed by atoms with Gasteiger partial charge in [0.2, 0.25) is 11.9 Å². The monoisotopic (exact) mass is 1760 g/mol. The first kappa shape index (κ1) is 79.6. The van der Waals surface area contributed by atoms with E-state index < -0.39 is 0 Å². The molecule has 0 unspecified atom stereocenters. The molecule has 0 radical (unpaired) electrons. The fourth-order valence-electron chi connectivity index (χ4n) is 20.3. The Hall–Kier alpha value is -18.3. The van der Waals surface area contributed by atoms with Gasteiger partial charge in [0, 0.05) is 104 Å². The maximum Gasteiger partial charge on any atom is 0.235 e. The van der Waals surface area contributed by atoms with Crippen molar-refractivity contribution >= 4 is 153 Å². The lowest BCUT2D eigenvalue weighted by Crippen LogP contribution is -2.03. The molecule has 0 fully saturated rings. The van der Waals surface area contributed by atoms with Crippen molar-refractivity contribution in [3.05, 3.63) is 454 Å². The van der Waals surface area contributed by atoms with Crippen LogP contribution in [0.25, 0.3) is 255 Å². The molecule has 0 aliphatic rings. The minimum atomic E-state index is 0.485. The highest BCUT2D eigenvalue weighted by Gasteiger charge is 2.27. The molecule has 0 atom stereocenters. The van der Waals surface area contributed by atoms with Gasteiger partial charge in [0.15, 0.2) is 17.5 Å². The summed E-state index contributed by atoms with van der Waals surface area (Å²) in [5.41, 5.74) is 29.0. The Bertz CT molecular complexity index is 9560. The molecule has 0 amide bonds. The molecular weight excluding hydrogens is 1680 g/mol. The third-order valence-electron chi connectivity index (χ3n) is 26.8. The number of hydrogen-bond donors (Lipinski definition) is 0. The number of nitrogens with zero attached hydrogens (tertiary/aromatic N) is 11. The molecule has 9 heterocycles. The largest absolute Gasteiger partial charge is 0.455 e. The van der Waals surface area contributed by atoms with E-state index in [-0.39, 0.29) is 0 Å². The van der Waals surface area contributed by atoms with Gasteiger partial charge in [-0.15, -0.1) is 0 Å². The maximum absolute atomic E-state index is 6.58. The van der Waals surface area contributed by atoms with Crippen LogP contribution in [0, 0.1) is 0 Å². The van der Waals surface area contributed by atoms with Crippen LogP contribution in [0.15, 0.2) is 458 Å². The summed E-state index contributed by atoms with van der Waals surface area (Å²) in [5.74, 6) is 3.68. The lowest BCUT2D eigenvalue weighted by Gasteiger charge is -2.13. The minimum Gasteiger partial charge on any atom is -0.455 e. The lowest BCUT2D eigenvalue weighted by atomic mass is 9.98. The summed E-state index contributed by atoms with van der Waals surface area (Å²) in [6.07, 6.45) is 0. The fraction of sp³-hybridized carbons (Fsp3) is 0.0242. The van der Waals surface area contributed by atoms with Crippen LogP contribution in [-0.4, -0.2) is 53.2 Å². The molecule has 0 bridgehead atoms. The number of furan rings is 2. The normalized spacial score (nSPS) is 11.8. The van der Waals surface area contributed by atoms with Crippen molar-refractivity contribution in [1.29, 1.82) is 0 Å². The van der Waals surface area contributed by atoms with E-state index in [0.717, 1.165) is 182 Å². The SMILES string of the molecule is CC(C)c1ccc(-c2ccc3c4c5oc6ccccc6c5ccc4n(-c4nc(-c5ccccc5)c5ccccc5n4)c3c2)cc1.c1ccc(-c2ccc3nc(-n4c5ccccc5c5c6oc7ccccc7c6ccc54)nc(-c4ccccc4)c3c2)cc1.c1ccc(-c2nc(-c3ccccc3)nc(-c3cccc(-n4c5ccccc5c5cc6c7ccccc7n(-c7ccccc7)c6cc54)c3)n2)cc1. The predicted molar refractivity (Wildman–Crippen MR) is 563 cm³/mol. The minimum absolute atomic E-state index is 0.485. The van der Waals surface area contributed by atoms with Gasteiger partial charge in [-0.1, -0.05) is 347 Å². The first-order valence-electron chi connectivity index (χ1n) is 46.3. The van der Waals surface area contributed by atoms with Crippen molar-refractivity contribution in [3.63, 3.8) is 0 Å². The molecule has 9 aromatic heterocycles. The van der Waals surface area contributed by atoms with E-state index in [0.29, 0.717) is 35.3 Å². The zero-order valence-corrected chi connectivity index (χ0v) is 74.5. The molecule has 13 nitrogen and oxygen atoms in total. The standard InChI is InChI=1S/C45H29N5.C41H29N3O.C38H23N3O/c1-4-15-30(16-5-1)43-46-44(31-17-6-2-7-18-31)48-45(47-43)32-19-14-22-34(27-32)50-40-26-13-11-24-36(40)38-28-37-35-23-10-12-25-39(35)49(41(37)29-42(38)50)33-20-8-3-9-21-33;1-25(2)26-16-18-27(19-17-26)29-20-21-33-36(24-29)44(35-23-22-31-30-12-7-9-15-37(30)45-40(31)38(33)35)41-42-34-14-8-6-13-32(34)39(43-41)28-10-4-3-5-11-28;1-3-11-24(12-4-1)26-19-21-31-30(23-26)36(25-13-5-2-6-14-25)40-38(39-31)41-32-17-9-7-16-29(32)35-33(41)22-20-28-27-15-8-10-18-34(27)42-37(28)35/h1-29H;3-25H,1-2H3;1-23H. The van der Waals surface area contributed by atoms with Gasteiger partial charge in [0.1, 0.15) is 22.3 Å². The van der Waals surface area contributed by atoms with Crippen LogP contribution in [-0.2, 0) is 0 Å². The third kappa shape index (κ3) is 13.6. The lowest BCUT2D eigenvalue weighted by molar-refractivity contribution is 0.672. The van der Waals surface area contributed by atoms with Gasteiger partial charge in [-0.3, -0.25) is 9.13 Å². The summed E-state index contributed by atoms with van der Waals surface area (Å²) >= 11 is 0. The van der Waals surface area contributed by atoms with Crippen molar-refractivity contribution in [2.24, 2.45) is 0 Å². The summed E-state index contributed by atoms with van der Waals surface area (Å²) < 4.78 is 22.2. The number of rotatable bonds is 12. The number of fused-ring (bicyclic) bond motifs is 22. The summed E-state index contributed by atoms with van der Waals surface area (Å²) in [6.45, 7) is 4.46. The average molecular weight is 1760 g/mol. The van der Waals surface area contributed by atoms with Crippen molar-refractivity contribution in [1.82, 2.24) is 53.2 Å². The van der Waals surface area contributed by atoms with Crippen molar-refractivity contribution in [2.45, 2.75) is 19.8 Å². The van der Waals surface area contributed by atoms with Crippen LogP contribution in [0.5, 0.6) is 0 Å². The molecule has 137 heavy (non-hydrogen) atoms. The number of hydrogen-bond acceptors (Lipinski definition) is 9. The first-order valence-corrected chi connectivity index (χ1v) is 46.3. The zero-order valence-electron chi connectivity index (χ0n) is 74.5. The van der Waals surface area contributed by atoms with Crippen molar-refractivity contribution in [2.75, 3.05) is 0 Å². The highest BCUT2D eigenvalue weighted by molar-refractivity contribution is 6.26. The third-order valence-corrected chi connectivity index (χ3v) is 26.8. The highest BCUT2D eigenvalue weighted by Crippen LogP contribution is 2.47. The number of para-hydroxylation sites is 7. The Labute approximate surface area is 786 Å². The molecular formula is C124H81N11O2. The van der Waals surface area contributed by atoms with Crippen molar-refractivity contribution in [3.8, 4) is 102 Å². The first-order chi connectivity index (χ1) is 67.8. The van der Waals surface area contributed by atoms with Gasteiger partial charge in [-0.25, -0.2) is 34.9 Å². The Balaban J connectivity index is 0.000000107. The summed E-state index contributed by atoms with van der Waals surface area (Å²) in [7, 11) is 0. The molecule has 0 N–H and O–H groups in total. The van der Waals surface area contributed by atoms with E-state index in [2.05, 4.69) is 366 Å². The van der Waals surface area contributed by atoms with E-state index in [1.165, 1.54) is 49.3 Å². The topological polar surface area (TPSA) is 136 Å². The smallest absolute Gasteiger partial charge is 0.235 e. The Morgan fingerprint density at radius 3 is 1.12 bits per heavy atom. The van der Waals surface area contributed by atoms with Gasteiger partial charge < -0.3 is 18.0 Å². The van der Waals surface area contributed by atoms with Crippen LogP contribution >= 0.6 is 0 Å². The maximum atomic E-state index is 6.58. The van der Waals surface area contributed by atoms with Gasteiger partial charge in [0.25, 0.3) is 0 Å². The fourth-order valence-corrected chi connectivity index (χ4v) is 20.3.